The maximum atomic E-state index is 14.9. The molecule has 0 saturated heterocycles. The van der Waals surface area contributed by atoms with Crippen LogP contribution in [0.2, 0.25) is 5.02 Å². The molecule has 5 nitrogen and oxygen atoms in total. The van der Waals surface area contributed by atoms with Crippen molar-refractivity contribution in [1.82, 2.24) is 4.90 Å². The molecule has 0 aromatic heterocycles. The van der Waals surface area contributed by atoms with Crippen LogP contribution in [0.4, 0.5) is 4.39 Å². The van der Waals surface area contributed by atoms with Crippen LogP contribution in [0, 0.1) is 11.7 Å². The molecule has 1 amide bonds. The summed E-state index contributed by atoms with van der Waals surface area (Å²) in [5.74, 6) is 0.271. The first-order valence-corrected chi connectivity index (χ1v) is 12.9. The van der Waals surface area contributed by atoms with Gasteiger partial charge in [0.2, 0.25) is 5.91 Å². The SMILES string of the molecule is CCOC(=O)Cc1ccc(OC)c(-c2ccc(F)c3c2CN(C(=O)C2CC2c2ccc(Cl)cc2)CC3)c1. The molecule has 0 N–H and O–H groups in total. The summed E-state index contributed by atoms with van der Waals surface area (Å²) in [4.78, 5) is 27.4. The Morgan fingerprint density at radius 2 is 1.84 bits per heavy atom. The predicted molar refractivity (Wildman–Crippen MR) is 140 cm³/mol. The minimum Gasteiger partial charge on any atom is -0.496 e. The Morgan fingerprint density at radius 3 is 2.57 bits per heavy atom. The highest BCUT2D eigenvalue weighted by Crippen LogP contribution is 2.49. The number of carbonyl (C=O) groups excluding carboxylic acids is 2. The maximum absolute atomic E-state index is 14.9. The third-order valence-electron chi connectivity index (χ3n) is 7.28. The van der Waals surface area contributed by atoms with Crippen molar-refractivity contribution >= 4 is 23.5 Å². The normalized spacial score (nSPS) is 18.2. The first-order valence-electron chi connectivity index (χ1n) is 12.6. The molecule has 2 aliphatic rings. The van der Waals surface area contributed by atoms with Crippen LogP contribution in [-0.2, 0) is 33.7 Å². The lowest BCUT2D eigenvalue weighted by Crippen LogP contribution is -2.37. The largest absolute Gasteiger partial charge is 0.496 e. The van der Waals surface area contributed by atoms with Crippen molar-refractivity contribution < 1.29 is 23.5 Å². The second kappa shape index (κ2) is 10.5. The van der Waals surface area contributed by atoms with E-state index < -0.39 is 0 Å². The molecular formula is C30H29ClFNO4. The van der Waals surface area contributed by atoms with Gasteiger partial charge in [-0.3, -0.25) is 9.59 Å². The monoisotopic (exact) mass is 521 g/mol. The molecule has 2 unspecified atom stereocenters. The van der Waals surface area contributed by atoms with Gasteiger partial charge < -0.3 is 14.4 Å². The fraction of sp³-hybridized carbons (Fsp3) is 0.333. The highest BCUT2D eigenvalue weighted by atomic mass is 35.5. The van der Waals surface area contributed by atoms with Crippen LogP contribution in [0.15, 0.2) is 54.6 Å². The van der Waals surface area contributed by atoms with Crippen molar-refractivity contribution in [3.63, 3.8) is 0 Å². The van der Waals surface area contributed by atoms with Crippen LogP contribution >= 0.6 is 11.6 Å². The lowest BCUT2D eigenvalue weighted by atomic mass is 9.89. The zero-order valence-corrected chi connectivity index (χ0v) is 21.7. The second-order valence-electron chi connectivity index (χ2n) is 9.58. The van der Waals surface area contributed by atoms with Crippen molar-refractivity contribution in [2.45, 2.75) is 38.6 Å². The number of fused-ring (bicyclic) bond motifs is 1. The highest BCUT2D eigenvalue weighted by molar-refractivity contribution is 6.30. The van der Waals surface area contributed by atoms with Gasteiger partial charge in [0.25, 0.3) is 0 Å². The van der Waals surface area contributed by atoms with Crippen molar-refractivity contribution in [3.8, 4) is 16.9 Å². The Labute approximate surface area is 221 Å². The van der Waals surface area contributed by atoms with Gasteiger partial charge >= 0.3 is 5.97 Å². The number of methoxy groups -OCH3 is 1. The number of amides is 1. The molecule has 7 heteroatoms. The summed E-state index contributed by atoms with van der Waals surface area (Å²) in [6.45, 7) is 2.90. The molecule has 0 bridgehead atoms. The standard InChI is InChI=1S/C30H29ClFNO4/c1-3-37-29(34)15-18-4-11-28(36-2)24(14-18)21-9-10-27(32)22-12-13-33(17-26(21)22)30(35)25-16-23(25)19-5-7-20(31)8-6-19/h4-11,14,23,25H,3,12-13,15-17H2,1-2H3. The van der Waals surface area contributed by atoms with Crippen molar-refractivity contribution in [1.29, 1.82) is 0 Å². The van der Waals surface area contributed by atoms with E-state index in [2.05, 4.69) is 0 Å². The third-order valence-corrected chi connectivity index (χ3v) is 7.53. The molecule has 5 rings (SSSR count). The van der Waals surface area contributed by atoms with E-state index in [1.54, 1.807) is 20.1 Å². The first kappa shape index (κ1) is 25.3. The van der Waals surface area contributed by atoms with Crippen LogP contribution in [0.3, 0.4) is 0 Å². The average Bonchev–Trinajstić information content (AvgIpc) is 3.70. The van der Waals surface area contributed by atoms with E-state index in [0.717, 1.165) is 34.2 Å². The van der Waals surface area contributed by atoms with Gasteiger partial charge in [-0.2, -0.15) is 0 Å². The summed E-state index contributed by atoms with van der Waals surface area (Å²) in [7, 11) is 1.58. The number of ether oxygens (including phenoxy) is 2. The molecule has 37 heavy (non-hydrogen) atoms. The zero-order valence-electron chi connectivity index (χ0n) is 20.9. The quantitative estimate of drug-likeness (QED) is 0.361. The van der Waals surface area contributed by atoms with Gasteiger partial charge in [0.15, 0.2) is 0 Å². The van der Waals surface area contributed by atoms with E-state index in [1.165, 1.54) is 6.07 Å². The van der Waals surface area contributed by atoms with Crippen LogP contribution < -0.4 is 4.74 Å². The van der Waals surface area contributed by atoms with Crippen molar-refractivity contribution in [2.24, 2.45) is 5.92 Å². The van der Waals surface area contributed by atoms with E-state index in [1.807, 2.05) is 47.4 Å². The molecule has 1 aliphatic heterocycles. The number of halogens is 2. The van der Waals surface area contributed by atoms with Gasteiger partial charge in [0.1, 0.15) is 11.6 Å². The van der Waals surface area contributed by atoms with E-state index >= 15 is 0 Å². The fourth-order valence-electron chi connectivity index (χ4n) is 5.31. The van der Waals surface area contributed by atoms with Gasteiger partial charge in [-0.05, 0) is 83.8 Å². The van der Waals surface area contributed by atoms with Crippen LogP contribution in [-0.4, -0.2) is 37.0 Å². The van der Waals surface area contributed by atoms with E-state index in [9.17, 15) is 14.0 Å². The van der Waals surface area contributed by atoms with E-state index in [4.69, 9.17) is 21.1 Å². The maximum Gasteiger partial charge on any atom is 0.310 e. The van der Waals surface area contributed by atoms with Gasteiger partial charge in [0, 0.05) is 29.6 Å². The smallest absolute Gasteiger partial charge is 0.310 e. The lowest BCUT2D eigenvalue weighted by molar-refractivity contribution is -0.142. The van der Waals surface area contributed by atoms with Gasteiger partial charge in [-0.25, -0.2) is 4.39 Å². The Bertz CT molecular complexity index is 1340. The van der Waals surface area contributed by atoms with Gasteiger partial charge in [0.05, 0.1) is 20.1 Å². The molecule has 1 saturated carbocycles. The molecule has 192 valence electrons. The Kier molecular flexibility index (Phi) is 7.20. The summed E-state index contributed by atoms with van der Waals surface area (Å²) in [6, 6.07) is 16.4. The minimum atomic E-state index is -0.309. The number of hydrogen-bond acceptors (Lipinski definition) is 4. The molecule has 2 atom stereocenters. The Hall–Kier alpha value is -3.38. The highest BCUT2D eigenvalue weighted by Gasteiger charge is 2.46. The number of esters is 1. The lowest BCUT2D eigenvalue weighted by Gasteiger charge is -2.31. The molecule has 1 heterocycles. The number of rotatable bonds is 7. The second-order valence-corrected chi connectivity index (χ2v) is 10.0. The van der Waals surface area contributed by atoms with E-state index in [-0.39, 0.29) is 36.0 Å². The van der Waals surface area contributed by atoms with E-state index in [0.29, 0.717) is 42.5 Å². The van der Waals surface area contributed by atoms with Crippen LogP contribution in [0.25, 0.3) is 11.1 Å². The fourth-order valence-corrected chi connectivity index (χ4v) is 5.43. The van der Waals surface area contributed by atoms with Gasteiger partial charge in [-0.15, -0.1) is 0 Å². The molecule has 3 aromatic rings. The first-order chi connectivity index (χ1) is 17.9. The topological polar surface area (TPSA) is 55.8 Å². The van der Waals surface area contributed by atoms with Gasteiger partial charge in [-0.1, -0.05) is 35.9 Å². The molecule has 3 aromatic carbocycles. The number of benzene rings is 3. The summed E-state index contributed by atoms with van der Waals surface area (Å²) < 4.78 is 25.6. The predicted octanol–water partition coefficient (Wildman–Crippen LogP) is 5.95. The molecule has 0 spiro atoms. The number of nitrogens with zero attached hydrogens (tertiary/aromatic N) is 1. The van der Waals surface area contributed by atoms with Crippen molar-refractivity contribution in [2.75, 3.05) is 20.3 Å². The van der Waals surface area contributed by atoms with Crippen LogP contribution in [0.1, 0.15) is 41.5 Å². The Morgan fingerprint density at radius 1 is 1.05 bits per heavy atom. The molecule has 0 radical (unpaired) electrons. The average molecular weight is 522 g/mol. The minimum absolute atomic E-state index is 0.0674. The summed E-state index contributed by atoms with van der Waals surface area (Å²) in [6.07, 6.45) is 1.39. The third kappa shape index (κ3) is 5.21. The number of hydrogen-bond donors (Lipinski definition) is 0. The summed E-state index contributed by atoms with van der Waals surface area (Å²) in [5.41, 5.74) is 4.89. The summed E-state index contributed by atoms with van der Waals surface area (Å²) in [5, 5.41) is 0.677. The zero-order chi connectivity index (χ0) is 26.1. The number of carbonyl (C=O) groups is 2. The Balaban J connectivity index is 1.42. The molecule has 1 fully saturated rings. The molecule has 1 aliphatic carbocycles. The van der Waals surface area contributed by atoms with Crippen LogP contribution in [0.5, 0.6) is 5.75 Å². The summed E-state index contributed by atoms with van der Waals surface area (Å²) >= 11 is 6.02. The van der Waals surface area contributed by atoms with Crippen molar-refractivity contribution in [3.05, 3.63) is 87.7 Å². The molecular weight excluding hydrogens is 493 g/mol.